The van der Waals surface area contributed by atoms with Crippen LogP contribution >= 0.6 is 0 Å². The SMILES string of the molecule is FC(F)(F)c1cccc(-c2ccccc2CC2C(NCc3ccccc3)C3CCN2CC3)c1. The van der Waals surface area contributed by atoms with Crippen LogP contribution in [0.3, 0.4) is 0 Å². The highest BCUT2D eigenvalue weighted by Crippen LogP contribution is 2.37. The quantitative estimate of drug-likeness (QED) is 0.483. The summed E-state index contributed by atoms with van der Waals surface area (Å²) in [4.78, 5) is 2.57. The largest absolute Gasteiger partial charge is 0.416 e. The van der Waals surface area contributed by atoms with Crippen LogP contribution in [0.4, 0.5) is 13.2 Å². The van der Waals surface area contributed by atoms with Crippen molar-refractivity contribution in [1.82, 2.24) is 10.2 Å². The predicted molar refractivity (Wildman–Crippen MR) is 126 cm³/mol. The Morgan fingerprint density at radius 1 is 0.848 bits per heavy atom. The summed E-state index contributed by atoms with van der Waals surface area (Å²) in [7, 11) is 0. The molecule has 3 aliphatic heterocycles. The van der Waals surface area contributed by atoms with Crippen molar-refractivity contribution in [3.8, 4) is 11.1 Å². The number of hydrogen-bond acceptors (Lipinski definition) is 2. The van der Waals surface area contributed by atoms with Crippen molar-refractivity contribution < 1.29 is 13.2 Å². The Labute approximate surface area is 193 Å². The highest BCUT2D eigenvalue weighted by atomic mass is 19.4. The normalized spacial score (nSPS) is 24.7. The van der Waals surface area contributed by atoms with Crippen LogP contribution in [0.5, 0.6) is 0 Å². The number of alkyl halides is 3. The first kappa shape index (κ1) is 22.2. The predicted octanol–water partition coefficient (Wildman–Crippen LogP) is 6.17. The van der Waals surface area contributed by atoms with Crippen LogP contribution in [0.25, 0.3) is 11.1 Å². The zero-order valence-corrected chi connectivity index (χ0v) is 18.6. The number of fused-ring (bicyclic) bond motifs is 3. The third kappa shape index (κ3) is 4.85. The smallest absolute Gasteiger partial charge is 0.308 e. The van der Waals surface area contributed by atoms with E-state index < -0.39 is 11.7 Å². The Balaban J connectivity index is 1.41. The zero-order chi connectivity index (χ0) is 22.8. The molecule has 3 saturated heterocycles. The van der Waals surface area contributed by atoms with Gasteiger partial charge < -0.3 is 5.32 Å². The fourth-order valence-corrected chi connectivity index (χ4v) is 5.61. The van der Waals surface area contributed by atoms with Crippen LogP contribution in [-0.2, 0) is 19.1 Å². The van der Waals surface area contributed by atoms with Gasteiger partial charge in [0.2, 0.25) is 0 Å². The van der Waals surface area contributed by atoms with Crippen molar-refractivity contribution in [1.29, 1.82) is 0 Å². The second kappa shape index (κ2) is 9.32. The van der Waals surface area contributed by atoms with Crippen molar-refractivity contribution in [2.45, 2.75) is 44.1 Å². The molecular formula is C28H29F3N2. The lowest BCUT2D eigenvalue weighted by Gasteiger charge is -2.51. The first-order chi connectivity index (χ1) is 16.0. The van der Waals surface area contributed by atoms with Gasteiger partial charge in [0.15, 0.2) is 0 Å². The van der Waals surface area contributed by atoms with Gasteiger partial charge in [-0.1, -0.05) is 66.7 Å². The highest BCUT2D eigenvalue weighted by Gasteiger charge is 2.42. The first-order valence-electron chi connectivity index (χ1n) is 11.8. The van der Waals surface area contributed by atoms with Crippen LogP contribution in [0.1, 0.15) is 29.5 Å². The number of nitrogens with zero attached hydrogens (tertiary/aromatic N) is 1. The molecule has 2 unspecified atom stereocenters. The Hall–Kier alpha value is -2.63. The molecule has 0 radical (unpaired) electrons. The average Bonchev–Trinajstić information content (AvgIpc) is 2.84. The highest BCUT2D eigenvalue weighted by molar-refractivity contribution is 5.68. The van der Waals surface area contributed by atoms with Crippen molar-refractivity contribution in [3.05, 3.63) is 95.6 Å². The van der Waals surface area contributed by atoms with Crippen LogP contribution in [0.15, 0.2) is 78.9 Å². The summed E-state index contributed by atoms with van der Waals surface area (Å²) in [6.45, 7) is 3.04. The molecule has 3 fully saturated rings. The molecular weight excluding hydrogens is 421 g/mol. The molecule has 5 heteroatoms. The second-order valence-electron chi connectivity index (χ2n) is 9.27. The first-order valence-corrected chi connectivity index (χ1v) is 11.8. The van der Waals surface area contributed by atoms with E-state index in [1.807, 2.05) is 24.3 Å². The van der Waals surface area contributed by atoms with Crippen molar-refractivity contribution >= 4 is 0 Å². The summed E-state index contributed by atoms with van der Waals surface area (Å²) >= 11 is 0. The van der Waals surface area contributed by atoms with Gasteiger partial charge in [-0.3, -0.25) is 4.90 Å². The van der Waals surface area contributed by atoms with E-state index >= 15 is 0 Å². The summed E-state index contributed by atoms with van der Waals surface area (Å²) in [5, 5.41) is 3.84. The minimum absolute atomic E-state index is 0.341. The molecule has 0 aromatic heterocycles. The van der Waals surface area contributed by atoms with Crippen LogP contribution < -0.4 is 5.32 Å². The van der Waals surface area contributed by atoms with Gasteiger partial charge >= 0.3 is 6.18 Å². The molecule has 0 aliphatic carbocycles. The van der Waals surface area contributed by atoms with E-state index in [0.717, 1.165) is 43.2 Å². The average molecular weight is 451 g/mol. The molecule has 3 heterocycles. The van der Waals surface area contributed by atoms with Gasteiger partial charge in [-0.25, -0.2) is 0 Å². The number of halogens is 3. The van der Waals surface area contributed by atoms with E-state index in [2.05, 4.69) is 40.5 Å². The minimum atomic E-state index is -4.34. The summed E-state index contributed by atoms with van der Waals surface area (Å²) < 4.78 is 40.0. The van der Waals surface area contributed by atoms with E-state index in [4.69, 9.17) is 0 Å². The van der Waals surface area contributed by atoms with E-state index in [-0.39, 0.29) is 0 Å². The molecule has 2 atom stereocenters. The van der Waals surface area contributed by atoms with E-state index in [9.17, 15) is 13.2 Å². The van der Waals surface area contributed by atoms with Gasteiger partial charge in [0.05, 0.1) is 5.56 Å². The fraction of sp³-hybridized carbons (Fsp3) is 0.357. The Kier molecular flexibility index (Phi) is 6.26. The molecule has 33 heavy (non-hydrogen) atoms. The Morgan fingerprint density at radius 3 is 2.33 bits per heavy atom. The number of piperidine rings is 3. The van der Waals surface area contributed by atoms with E-state index in [1.165, 1.54) is 30.5 Å². The minimum Gasteiger partial charge on any atom is -0.308 e. The molecule has 6 rings (SSSR count). The van der Waals surface area contributed by atoms with Crippen LogP contribution in [0, 0.1) is 5.92 Å². The molecule has 0 amide bonds. The number of nitrogens with one attached hydrogen (secondary N) is 1. The van der Waals surface area contributed by atoms with Gasteiger partial charge in [-0.15, -0.1) is 0 Å². The third-order valence-corrected chi connectivity index (χ3v) is 7.30. The standard InChI is InChI=1S/C28H29F3N2/c29-28(30,31)24-11-6-10-22(17-24)25-12-5-4-9-23(25)18-26-27(21-13-15-33(26)16-14-21)32-19-20-7-2-1-3-8-20/h1-12,17,21,26-27,32H,13-16,18-19H2. The lowest BCUT2D eigenvalue weighted by atomic mass is 9.76. The van der Waals surface area contributed by atoms with E-state index in [0.29, 0.717) is 23.6 Å². The molecule has 2 bridgehead atoms. The summed E-state index contributed by atoms with van der Waals surface area (Å²) in [5.41, 5.74) is 3.31. The lowest BCUT2D eigenvalue weighted by molar-refractivity contribution is -0.137. The maximum Gasteiger partial charge on any atom is 0.416 e. The molecule has 1 N–H and O–H groups in total. The number of rotatable bonds is 6. The van der Waals surface area contributed by atoms with Gasteiger partial charge in [-0.05, 0) is 72.7 Å². The lowest BCUT2D eigenvalue weighted by Crippen LogP contribution is -2.63. The van der Waals surface area contributed by atoms with Gasteiger partial charge in [-0.2, -0.15) is 13.2 Å². The maximum absolute atomic E-state index is 13.3. The molecule has 0 spiro atoms. The van der Waals surface area contributed by atoms with Crippen molar-refractivity contribution in [2.75, 3.05) is 13.1 Å². The summed E-state index contributed by atoms with van der Waals surface area (Å²) in [5.74, 6) is 0.643. The summed E-state index contributed by atoms with van der Waals surface area (Å²) in [6, 6.07) is 24.8. The van der Waals surface area contributed by atoms with Crippen molar-refractivity contribution in [3.63, 3.8) is 0 Å². The van der Waals surface area contributed by atoms with Gasteiger partial charge in [0.1, 0.15) is 0 Å². The molecule has 0 saturated carbocycles. The monoisotopic (exact) mass is 450 g/mol. The second-order valence-corrected chi connectivity index (χ2v) is 9.27. The Morgan fingerprint density at radius 2 is 1.58 bits per heavy atom. The maximum atomic E-state index is 13.3. The topological polar surface area (TPSA) is 15.3 Å². The fourth-order valence-electron chi connectivity index (χ4n) is 5.61. The van der Waals surface area contributed by atoms with Gasteiger partial charge in [0.25, 0.3) is 0 Å². The van der Waals surface area contributed by atoms with Crippen molar-refractivity contribution in [2.24, 2.45) is 5.92 Å². The molecule has 172 valence electrons. The molecule has 3 aromatic rings. The summed E-state index contributed by atoms with van der Waals surface area (Å²) in [6.07, 6.45) is -1.10. The Bertz CT molecular complexity index is 1070. The number of hydrogen-bond donors (Lipinski definition) is 1. The molecule has 2 nitrogen and oxygen atoms in total. The molecule has 3 aromatic carbocycles. The van der Waals surface area contributed by atoms with Crippen LogP contribution in [0.2, 0.25) is 0 Å². The zero-order valence-electron chi connectivity index (χ0n) is 18.6. The third-order valence-electron chi connectivity index (χ3n) is 7.30. The van der Waals surface area contributed by atoms with Gasteiger partial charge in [0, 0.05) is 18.6 Å². The number of benzene rings is 3. The molecule has 3 aliphatic rings. The van der Waals surface area contributed by atoms with E-state index in [1.54, 1.807) is 6.07 Å². The van der Waals surface area contributed by atoms with Crippen LogP contribution in [-0.4, -0.2) is 30.1 Å².